The van der Waals surface area contributed by atoms with E-state index in [0.717, 1.165) is 8.61 Å². The molecular weight excluding hydrogens is 490 g/mol. The van der Waals surface area contributed by atoms with E-state index in [0.29, 0.717) is 16.9 Å². The number of rotatable bonds is 8. The van der Waals surface area contributed by atoms with Crippen LogP contribution >= 0.6 is 0 Å². The normalized spacial score (nSPS) is 15.9. The molecule has 12 heteroatoms. The highest BCUT2D eigenvalue weighted by molar-refractivity contribution is 7.91. The Morgan fingerprint density at radius 3 is 2.36 bits per heavy atom. The monoisotopic (exact) mass is 519 g/mol. The second-order valence-electron chi connectivity index (χ2n) is 9.17. The van der Waals surface area contributed by atoms with Gasteiger partial charge in [-0.1, -0.05) is 24.3 Å². The van der Waals surface area contributed by atoms with Gasteiger partial charge in [-0.2, -0.15) is 8.42 Å². The summed E-state index contributed by atoms with van der Waals surface area (Å²) in [5.41, 5.74) is 0.467. The Morgan fingerprint density at radius 1 is 1.11 bits per heavy atom. The van der Waals surface area contributed by atoms with Crippen LogP contribution in [0.1, 0.15) is 31.9 Å². The number of hydrogen-bond acceptors (Lipinski definition) is 7. The predicted molar refractivity (Wildman–Crippen MR) is 131 cm³/mol. The van der Waals surface area contributed by atoms with E-state index in [-0.39, 0.29) is 25.2 Å². The lowest BCUT2D eigenvalue weighted by atomic mass is 10.1. The number of carboxylic acids is 1. The lowest BCUT2D eigenvalue weighted by Crippen LogP contribution is -2.44. The van der Waals surface area contributed by atoms with Crippen molar-refractivity contribution in [3.63, 3.8) is 0 Å². The number of nitrogens with zero attached hydrogens (tertiary/aromatic N) is 2. The molecule has 194 valence electrons. The summed E-state index contributed by atoms with van der Waals surface area (Å²) >= 11 is 0. The number of nitrogens with one attached hydrogen (secondary N) is 1. The van der Waals surface area contributed by atoms with Crippen molar-refractivity contribution in [1.82, 2.24) is 9.62 Å². The van der Waals surface area contributed by atoms with Gasteiger partial charge < -0.3 is 19.9 Å². The number of alkyl carbamates (subject to hydrolysis) is 1. The van der Waals surface area contributed by atoms with Gasteiger partial charge in [0.1, 0.15) is 23.9 Å². The lowest BCUT2D eigenvalue weighted by Gasteiger charge is -2.22. The number of amides is 2. The SMILES string of the molecule is COc1ccc(CN2C(=O)CN(c3cccc(CC(NC(=O)OC(C)(C)C)C(=O)O)c3)S2(=O)=O)cc1. The van der Waals surface area contributed by atoms with Crippen LogP contribution < -0.4 is 14.4 Å². The number of carbonyl (C=O) groups excluding carboxylic acids is 2. The second kappa shape index (κ2) is 10.4. The maximum absolute atomic E-state index is 13.2. The second-order valence-corrected chi connectivity index (χ2v) is 11.0. The third-order valence-corrected chi connectivity index (χ3v) is 7.01. The van der Waals surface area contributed by atoms with Crippen molar-refractivity contribution in [3.8, 4) is 5.75 Å². The minimum Gasteiger partial charge on any atom is -0.497 e. The first-order valence-corrected chi connectivity index (χ1v) is 12.5. The smallest absolute Gasteiger partial charge is 0.408 e. The summed E-state index contributed by atoms with van der Waals surface area (Å²) in [5, 5.41) is 11.9. The summed E-state index contributed by atoms with van der Waals surface area (Å²) in [6.45, 7) is 4.44. The minimum absolute atomic E-state index is 0.125. The highest BCUT2D eigenvalue weighted by Gasteiger charge is 2.42. The molecule has 2 N–H and O–H groups in total. The van der Waals surface area contributed by atoms with Crippen molar-refractivity contribution in [3.05, 3.63) is 59.7 Å². The van der Waals surface area contributed by atoms with E-state index in [1.54, 1.807) is 57.2 Å². The summed E-state index contributed by atoms with van der Waals surface area (Å²) in [5.74, 6) is -1.26. The van der Waals surface area contributed by atoms with Gasteiger partial charge in [0.25, 0.3) is 5.91 Å². The Labute approximate surface area is 209 Å². The van der Waals surface area contributed by atoms with Gasteiger partial charge in [0.2, 0.25) is 0 Å². The van der Waals surface area contributed by atoms with Crippen molar-refractivity contribution >= 4 is 33.9 Å². The first-order chi connectivity index (χ1) is 16.8. The summed E-state index contributed by atoms with van der Waals surface area (Å²) in [6, 6.07) is 11.6. The summed E-state index contributed by atoms with van der Waals surface area (Å²) in [7, 11) is -2.65. The van der Waals surface area contributed by atoms with E-state index in [4.69, 9.17) is 9.47 Å². The molecule has 0 saturated carbocycles. The van der Waals surface area contributed by atoms with Crippen LogP contribution in [0.2, 0.25) is 0 Å². The Balaban J connectivity index is 1.77. The number of anilines is 1. The van der Waals surface area contributed by atoms with Gasteiger partial charge in [0.05, 0.1) is 19.3 Å². The van der Waals surface area contributed by atoms with Crippen molar-refractivity contribution < 1.29 is 37.4 Å². The molecule has 36 heavy (non-hydrogen) atoms. The third-order valence-electron chi connectivity index (χ3n) is 5.23. The largest absolute Gasteiger partial charge is 0.497 e. The van der Waals surface area contributed by atoms with Crippen LogP contribution in [0.3, 0.4) is 0 Å². The highest BCUT2D eigenvalue weighted by Crippen LogP contribution is 2.28. The van der Waals surface area contributed by atoms with Gasteiger partial charge in [-0.15, -0.1) is 0 Å². The minimum atomic E-state index is -4.17. The van der Waals surface area contributed by atoms with E-state index in [2.05, 4.69) is 5.32 Å². The molecule has 1 heterocycles. The van der Waals surface area contributed by atoms with Crippen molar-refractivity contribution in [1.29, 1.82) is 0 Å². The fourth-order valence-corrected chi connectivity index (χ4v) is 5.06. The van der Waals surface area contributed by atoms with E-state index in [1.165, 1.54) is 19.2 Å². The van der Waals surface area contributed by atoms with E-state index in [9.17, 15) is 27.9 Å². The zero-order chi connectivity index (χ0) is 26.7. The molecular formula is C24H29N3O8S. The number of carboxylic acid groups (broad SMARTS) is 1. The number of benzene rings is 2. The van der Waals surface area contributed by atoms with Crippen molar-refractivity contribution in [2.75, 3.05) is 18.0 Å². The average molecular weight is 520 g/mol. The Morgan fingerprint density at radius 2 is 1.78 bits per heavy atom. The third kappa shape index (κ3) is 6.45. The number of carbonyl (C=O) groups is 3. The van der Waals surface area contributed by atoms with Crippen molar-refractivity contribution in [2.45, 2.75) is 45.4 Å². The molecule has 2 aromatic rings. The summed E-state index contributed by atoms with van der Waals surface area (Å²) in [4.78, 5) is 36.4. The van der Waals surface area contributed by atoms with E-state index in [1.807, 2.05) is 0 Å². The first-order valence-electron chi connectivity index (χ1n) is 11.1. The molecule has 1 saturated heterocycles. The van der Waals surface area contributed by atoms with Crippen LogP contribution in [0, 0.1) is 0 Å². The molecule has 0 spiro atoms. The molecule has 1 unspecified atom stereocenters. The summed E-state index contributed by atoms with van der Waals surface area (Å²) < 4.78 is 38.4. The van der Waals surface area contributed by atoms with Gasteiger partial charge in [0.15, 0.2) is 0 Å². The Hall–Kier alpha value is -3.80. The molecule has 2 amide bonds. The lowest BCUT2D eigenvalue weighted by molar-refractivity contribution is -0.139. The number of aliphatic carboxylic acids is 1. The maximum atomic E-state index is 13.2. The summed E-state index contributed by atoms with van der Waals surface area (Å²) in [6.07, 6.45) is -1.01. The van der Waals surface area contributed by atoms with Crippen molar-refractivity contribution in [2.24, 2.45) is 0 Å². The topological polar surface area (TPSA) is 143 Å². The number of ether oxygens (including phenoxy) is 2. The van der Waals surface area contributed by atoms with Crippen LogP contribution in [0.15, 0.2) is 48.5 Å². The molecule has 0 bridgehead atoms. The molecule has 11 nitrogen and oxygen atoms in total. The molecule has 0 aromatic heterocycles. The fourth-order valence-electron chi connectivity index (χ4n) is 3.55. The zero-order valence-electron chi connectivity index (χ0n) is 20.4. The molecule has 1 fully saturated rings. The van der Waals surface area contributed by atoms with Crippen LogP contribution in [-0.2, 0) is 37.5 Å². The van der Waals surface area contributed by atoms with Crippen LogP contribution in [-0.4, -0.2) is 61.1 Å². The van der Waals surface area contributed by atoms with Gasteiger partial charge in [-0.25, -0.2) is 18.2 Å². The molecule has 0 aliphatic carbocycles. The van der Waals surface area contributed by atoms with Crippen LogP contribution in [0.4, 0.5) is 10.5 Å². The molecule has 1 atom stereocenters. The molecule has 3 rings (SSSR count). The predicted octanol–water partition coefficient (Wildman–Crippen LogP) is 2.31. The molecule has 2 aromatic carbocycles. The molecule has 1 aliphatic heterocycles. The standard InChI is InChI=1S/C24H29N3O8S/c1-24(2,3)35-23(31)25-20(22(29)30)13-17-6-5-7-18(12-17)26-15-21(28)27(36(26,32)33)14-16-8-10-19(34-4)11-9-16/h5-12,20H,13-15H2,1-4H3,(H,25,31)(H,29,30). The van der Waals surface area contributed by atoms with Crippen LogP contribution in [0.5, 0.6) is 5.75 Å². The van der Waals surface area contributed by atoms with E-state index < -0.39 is 39.8 Å². The van der Waals surface area contributed by atoms with Gasteiger partial charge in [-0.3, -0.25) is 4.79 Å². The first kappa shape index (κ1) is 26.8. The van der Waals surface area contributed by atoms with E-state index >= 15 is 0 Å². The van der Waals surface area contributed by atoms with Crippen LogP contribution in [0.25, 0.3) is 0 Å². The Bertz CT molecular complexity index is 1240. The Kier molecular flexibility index (Phi) is 7.77. The molecule has 0 radical (unpaired) electrons. The van der Waals surface area contributed by atoms with Gasteiger partial charge >= 0.3 is 22.3 Å². The quantitative estimate of drug-likeness (QED) is 0.541. The zero-order valence-corrected chi connectivity index (χ0v) is 21.2. The fraction of sp³-hybridized carbons (Fsp3) is 0.375. The van der Waals surface area contributed by atoms with Gasteiger partial charge in [0, 0.05) is 6.42 Å². The molecule has 1 aliphatic rings. The maximum Gasteiger partial charge on any atom is 0.408 e. The van der Waals surface area contributed by atoms with Gasteiger partial charge in [-0.05, 0) is 56.2 Å². The average Bonchev–Trinajstić information content (AvgIpc) is 3.01. The number of methoxy groups -OCH3 is 1. The highest BCUT2D eigenvalue weighted by atomic mass is 32.2. The number of hydrogen-bond donors (Lipinski definition) is 2.